The lowest BCUT2D eigenvalue weighted by atomic mass is 10.2. The highest BCUT2D eigenvalue weighted by atomic mass is 16.5. The van der Waals surface area contributed by atoms with Crippen LogP contribution in [0.25, 0.3) is 0 Å². The van der Waals surface area contributed by atoms with E-state index < -0.39 is 0 Å². The normalized spacial score (nSPS) is 15.1. The molecule has 0 unspecified atom stereocenters. The van der Waals surface area contributed by atoms with Gasteiger partial charge in [-0.2, -0.15) is 0 Å². The zero-order chi connectivity index (χ0) is 16.1. The van der Waals surface area contributed by atoms with Crippen LogP contribution in [0.5, 0.6) is 0 Å². The van der Waals surface area contributed by atoms with Crippen LogP contribution in [0, 0.1) is 0 Å². The number of hydrogen-bond donors (Lipinski definition) is 0. The van der Waals surface area contributed by atoms with E-state index in [1.165, 1.54) is 0 Å². The molecule has 1 fully saturated rings. The highest BCUT2D eigenvalue weighted by molar-refractivity contribution is 5.95. The van der Waals surface area contributed by atoms with Crippen LogP contribution in [-0.2, 0) is 9.53 Å². The number of amides is 1. The Labute approximate surface area is 131 Å². The van der Waals surface area contributed by atoms with Crippen molar-refractivity contribution in [3.8, 4) is 0 Å². The average molecular weight is 305 g/mol. The fourth-order valence-electron chi connectivity index (χ4n) is 2.48. The Hall–Kier alpha value is -2.11. The van der Waals surface area contributed by atoms with Gasteiger partial charge < -0.3 is 14.5 Å². The highest BCUT2D eigenvalue weighted by Crippen LogP contribution is 2.20. The first-order valence-corrected chi connectivity index (χ1v) is 7.71. The van der Waals surface area contributed by atoms with Crippen LogP contribution in [0.3, 0.4) is 0 Å². The van der Waals surface area contributed by atoms with E-state index in [0.29, 0.717) is 44.0 Å². The van der Waals surface area contributed by atoms with Crippen LogP contribution in [-0.4, -0.2) is 54.0 Å². The molecule has 120 valence electrons. The van der Waals surface area contributed by atoms with Gasteiger partial charge in [0.05, 0.1) is 6.10 Å². The Kier molecular flexibility index (Phi) is 5.35. The molecule has 6 heteroatoms. The third-order valence-electron chi connectivity index (χ3n) is 3.58. The van der Waals surface area contributed by atoms with Crippen molar-refractivity contribution < 1.29 is 14.3 Å². The Balaban J connectivity index is 2.10. The molecular formula is C16H23N3O3. The predicted molar refractivity (Wildman–Crippen MR) is 83.9 cm³/mol. The van der Waals surface area contributed by atoms with Crippen LogP contribution in [0.15, 0.2) is 18.3 Å². The van der Waals surface area contributed by atoms with Gasteiger partial charge in [0.1, 0.15) is 11.4 Å². The Bertz CT molecular complexity index is 537. The largest absolute Gasteiger partial charge is 0.459 e. The standard InChI is InChI=1S/C16H23N3O3/c1-4-14(20)18-8-10-19(11-9-18)15-13(6-5-7-17-15)16(21)22-12(2)3/h5-7,12H,4,8-11H2,1-3H3. The van der Waals surface area contributed by atoms with Gasteiger partial charge in [-0.3, -0.25) is 4.79 Å². The molecule has 0 N–H and O–H groups in total. The van der Waals surface area contributed by atoms with E-state index in [9.17, 15) is 9.59 Å². The third kappa shape index (κ3) is 3.75. The van der Waals surface area contributed by atoms with Crippen LogP contribution in [0.4, 0.5) is 5.82 Å². The fraction of sp³-hybridized carbons (Fsp3) is 0.562. The number of carbonyl (C=O) groups excluding carboxylic acids is 2. The predicted octanol–water partition coefficient (Wildman–Crippen LogP) is 1.71. The van der Waals surface area contributed by atoms with Crippen molar-refractivity contribution in [3.63, 3.8) is 0 Å². The summed E-state index contributed by atoms with van der Waals surface area (Å²) in [6.45, 7) is 8.17. The average Bonchev–Trinajstić information content (AvgIpc) is 2.53. The van der Waals surface area contributed by atoms with Gasteiger partial charge in [-0.15, -0.1) is 0 Å². The molecule has 0 spiro atoms. The number of ether oxygens (including phenoxy) is 1. The molecule has 0 aromatic carbocycles. The molecule has 0 bridgehead atoms. The molecule has 0 atom stereocenters. The molecule has 22 heavy (non-hydrogen) atoms. The van der Waals surface area contributed by atoms with Crippen molar-refractivity contribution in [2.24, 2.45) is 0 Å². The van der Waals surface area contributed by atoms with Crippen molar-refractivity contribution >= 4 is 17.7 Å². The number of esters is 1. The van der Waals surface area contributed by atoms with Crippen molar-refractivity contribution in [1.82, 2.24) is 9.88 Å². The lowest BCUT2D eigenvalue weighted by Crippen LogP contribution is -2.49. The summed E-state index contributed by atoms with van der Waals surface area (Å²) in [4.78, 5) is 32.1. The molecule has 1 aliphatic heterocycles. The second kappa shape index (κ2) is 7.24. The lowest BCUT2D eigenvalue weighted by molar-refractivity contribution is -0.131. The minimum Gasteiger partial charge on any atom is -0.459 e. The highest BCUT2D eigenvalue weighted by Gasteiger charge is 2.25. The minimum atomic E-state index is -0.356. The molecule has 0 aliphatic carbocycles. The summed E-state index contributed by atoms with van der Waals surface area (Å²) in [7, 11) is 0. The summed E-state index contributed by atoms with van der Waals surface area (Å²) in [6.07, 6.45) is 2.03. The molecule has 0 saturated carbocycles. The number of hydrogen-bond acceptors (Lipinski definition) is 5. The van der Waals surface area contributed by atoms with Gasteiger partial charge in [0, 0.05) is 38.8 Å². The molecule has 1 saturated heterocycles. The number of piperazine rings is 1. The van der Waals surface area contributed by atoms with Gasteiger partial charge in [-0.1, -0.05) is 6.92 Å². The molecule has 2 heterocycles. The van der Waals surface area contributed by atoms with Gasteiger partial charge in [0.25, 0.3) is 0 Å². The molecule has 6 nitrogen and oxygen atoms in total. The summed E-state index contributed by atoms with van der Waals surface area (Å²) in [6, 6.07) is 3.47. The number of nitrogens with zero attached hydrogens (tertiary/aromatic N) is 3. The number of carbonyl (C=O) groups is 2. The van der Waals surface area contributed by atoms with Crippen molar-refractivity contribution in [1.29, 1.82) is 0 Å². The quantitative estimate of drug-likeness (QED) is 0.792. The van der Waals surface area contributed by atoms with Crippen molar-refractivity contribution in [2.45, 2.75) is 33.3 Å². The summed E-state index contributed by atoms with van der Waals surface area (Å²) in [5, 5.41) is 0. The lowest BCUT2D eigenvalue weighted by Gasteiger charge is -2.35. The molecule has 1 aliphatic rings. The molecule has 1 aromatic heterocycles. The maximum atomic E-state index is 12.2. The van der Waals surface area contributed by atoms with E-state index in [1.807, 2.05) is 30.6 Å². The fourth-order valence-corrected chi connectivity index (χ4v) is 2.48. The number of pyridine rings is 1. The Morgan fingerprint density at radius 1 is 1.27 bits per heavy atom. The van der Waals surface area contributed by atoms with Crippen LogP contribution < -0.4 is 4.90 Å². The van der Waals surface area contributed by atoms with Crippen LogP contribution >= 0.6 is 0 Å². The third-order valence-corrected chi connectivity index (χ3v) is 3.58. The summed E-state index contributed by atoms with van der Waals surface area (Å²) >= 11 is 0. The second-order valence-electron chi connectivity index (χ2n) is 5.55. The zero-order valence-electron chi connectivity index (χ0n) is 13.4. The molecule has 1 amide bonds. The number of aromatic nitrogens is 1. The monoisotopic (exact) mass is 305 g/mol. The first-order chi connectivity index (χ1) is 10.5. The first-order valence-electron chi connectivity index (χ1n) is 7.71. The van der Waals surface area contributed by atoms with Crippen LogP contribution in [0.1, 0.15) is 37.6 Å². The van der Waals surface area contributed by atoms with E-state index in [-0.39, 0.29) is 18.0 Å². The molecule has 2 rings (SSSR count). The summed E-state index contributed by atoms with van der Waals surface area (Å²) in [5.74, 6) is 0.446. The molecule has 0 radical (unpaired) electrons. The van der Waals surface area contributed by atoms with Crippen LogP contribution in [0.2, 0.25) is 0 Å². The SMILES string of the molecule is CCC(=O)N1CCN(c2ncccc2C(=O)OC(C)C)CC1. The van der Waals surface area contributed by atoms with E-state index >= 15 is 0 Å². The van der Waals surface area contributed by atoms with E-state index in [4.69, 9.17) is 4.74 Å². The molecule has 1 aromatic rings. The van der Waals surface area contributed by atoms with Gasteiger partial charge in [-0.05, 0) is 26.0 Å². The van der Waals surface area contributed by atoms with Gasteiger partial charge in [0.2, 0.25) is 5.91 Å². The maximum Gasteiger partial charge on any atom is 0.342 e. The number of rotatable bonds is 4. The minimum absolute atomic E-state index is 0.167. The topological polar surface area (TPSA) is 62.7 Å². The van der Waals surface area contributed by atoms with Gasteiger partial charge >= 0.3 is 5.97 Å². The number of anilines is 1. The van der Waals surface area contributed by atoms with Gasteiger partial charge in [0.15, 0.2) is 0 Å². The second-order valence-corrected chi connectivity index (χ2v) is 5.55. The van der Waals surface area contributed by atoms with Crippen molar-refractivity contribution in [2.75, 3.05) is 31.1 Å². The Morgan fingerprint density at radius 3 is 2.55 bits per heavy atom. The Morgan fingerprint density at radius 2 is 1.95 bits per heavy atom. The molecular weight excluding hydrogens is 282 g/mol. The van der Waals surface area contributed by atoms with E-state index in [0.717, 1.165) is 0 Å². The smallest absolute Gasteiger partial charge is 0.342 e. The maximum absolute atomic E-state index is 12.2. The first kappa shape index (κ1) is 16.3. The van der Waals surface area contributed by atoms with Gasteiger partial charge in [-0.25, -0.2) is 9.78 Å². The van der Waals surface area contributed by atoms with Crippen molar-refractivity contribution in [3.05, 3.63) is 23.9 Å². The summed E-state index contributed by atoms with van der Waals surface area (Å²) in [5.41, 5.74) is 0.478. The van der Waals surface area contributed by atoms with E-state index in [2.05, 4.69) is 4.98 Å². The summed E-state index contributed by atoms with van der Waals surface area (Å²) < 4.78 is 5.27. The van der Waals surface area contributed by atoms with E-state index in [1.54, 1.807) is 18.3 Å². The zero-order valence-corrected chi connectivity index (χ0v) is 13.4.